The van der Waals surface area contributed by atoms with Crippen LogP contribution in [0, 0.1) is 5.82 Å². The van der Waals surface area contributed by atoms with Crippen LogP contribution < -0.4 is 10.6 Å². The predicted octanol–water partition coefficient (Wildman–Crippen LogP) is 2.08. The van der Waals surface area contributed by atoms with E-state index < -0.39 is 0 Å². The van der Waals surface area contributed by atoms with Gasteiger partial charge in [0, 0.05) is 52.5 Å². The summed E-state index contributed by atoms with van der Waals surface area (Å²) >= 11 is 0. The monoisotopic (exact) mass is 337 g/mol. The highest BCUT2D eigenvalue weighted by molar-refractivity contribution is 5.79. The molecule has 24 heavy (non-hydrogen) atoms. The molecule has 0 unspecified atom stereocenters. The minimum Gasteiger partial charge on any atom is -0.385 e. The van der Waals surface area contributed by atoms with Gasteiger partial charge in [0.25, 0.3) is 0 Å². The van der Waals surface area contributed by atoms with Crippen LogP contribution in [0.25, 0.3) is 0 Å². The van der Waals surface area contributed by atoms with Gasteiger partial charge in [0.1, 0.15) is 5.82 Å². The van der Waals surface area contributed by atoms with E-state index in [0.29, 0.717) is 0 Å². The Morgan fingerprint density at radius 3 is 2.58 bits per heavy atom. The molecule has 2 rings (SSSR count). The standard InChI is InChI=1S/C18H28FN3O2/c1-20-17(21-10-3-11-23-2)22-14-18(8-12-24-13-9-18)15-4-6-16(19)7-5-15/h4-7H,3,8-14H2,1-2H3,(H2,20,21,22). The fourth-order valence-corrected chi connectivity index (χ4v) is 3.03. The average molecular weight is 337 g/mol. The van der Waals surface area contributed by atoms with Crippen molar-refractivity contribution in [3.05, 3.63) is 35.6 Å². The van der Waals surface area contributed by atoms with Gasteiger partial charge < -0.3 is 20.1 Å². The summed E-state index contributed by atoms with van der Waals surface area (Å²) in [6.45, 7) is 3.71. The first-order chi connectivity index (χ1) is 11.7. The van der Waals surface area contributed by atoms with Crippen LogP contribution >= 0.6 is 0 Å². The highest BCUT2D eigenvalue weighted by Gasteiger charge is 2.34. The lowest BCUT2D eigenvalue weighted by atomic mass is 9.74. The van der Waals surface area contributed by atoms with Crippen molar-refractivity contribution in [2.24, 2.45) is 4.99 Å². The van der Waals surface area contributed by atoms with E-state index in [1.165, 1.54) is 12.1 Å². The number of nitrogens with one attached hydrogen (secondary N) is 2. The number of rotatable bonds is 7. The van der Waals surface area contributed by atoms with Gasteiger partial charge in [0.15, 0.2) is 5.96 Å². The summed E-state index contributed by atoms with van der Waals surface area (Å²) in [7, 11) is 3.46. The van der Waals surface area contributed by atoms with Gasteiger partial charge >= 0.3 is 0 Å². The molecule has 1 aromatic carbocycles. The van der Waals surface area contributed by atoms with Crippen LogP contribution in [0.1, 0.15) is 24.8 Å². The molecule has 0 radical (unpaired) electrons. The smallest absolute Gasteiger partial charge is 0.191 e. The van der Waals surface area contributed by atoms with Gasteiger partial charge in [0.05, 0.1) is 0 Å². The number of halogens is 1. The molecule has 0 amide bonds. The molecule has 0 saturated carbocycles. The highest BCUT2D eigenvalue weighted by atomic mass is 19.1. The van der Waals surface area contributed by atoms with Crippen LogP contribution in [0.4, 0.5) is 4.39 Å². The van der Waals surface area contributed by atoms with Crippen molar-refractivity contribution >= 4 is 5.96 Å². The maximum absolute atomic E-state index is 13.3. The SMILES string of the molecule is CN=C(NCCCOC)NCC1(c2ccc(F)cc2)CCOCC1. The molecular weight excluding hydrogens is 309 g/mol. The molecule has 1 saturated heterocycles. The zero-order valence-electron chi connectivity index (χ0n) is 14.6. The molecule has 1 fully saturated rings. The molecule has 2 N–H and O–H groups in total. The lowest BCUT2D eigenvalue weighted by molar-refractivity contribution is 0.0513. The minimum atomic E-state index is -0.204. The molecule has 5 nitrogen and oxygen atoms in total. The maximum atomic E-state index is 13.3. The van der Waals surface area contributed by atoms with E-state index in [2.05, 4.69) is 15.6 Å². The van der Waals surface area contributed by atoms with E-state index in [4.69, 9.17) is 9.47 Å². The van der Waals surface area contributed by atoms with Crippen molar-refractivity contribution in [2.75, 3.05) is 47.1 Å². The third-order valence-electron chi connectivity index (χ3n) is 4.54. The van der Waals surface area contributed by atoms with Gasteiger partial charge in [-0.25, -0.2) is 4.39 Å². The third-order valence-corrected chi connectivity index (χ3v) is 4.54. The second kappa shape index (κ2) is 9.59. The van der Waals surface area contributed by atoms with Crippen LogP contribution in [0.5, 0.6) is 0 Å². The van der Waals surface area contributed by atoms with Gasteiger partial charge in [-0.15, -0.1) is 0 Å². The number of hydrogen-bond donors (Lipinski definition) is 2. The lowest BCUT2D eigenvalue weighted by Crippen LogP contribution is -2.48. The zero-order valence-corrected chi connectivity index (χ0v) is 14.6. The van der Waals surface area contributed by atoms with Crippen LogP contribution in [0.15, 0.2) is 29.3 Å². The molecule has 0 atom stereocenters. The van der Waals surface area contributed by atoms with Crippen molar-refractivity contribution in [1.82, 2.24) is 10.6 Å². The summed E-state index contributed by atoms with van der Waals surface area (Å²) in [5.74, 6) is 0.573. The number of ether oxygens (including phenoxy) is 2. The molecule has 134 valence electrons. The number of hydrogen-bond acceptors (Lipinski definition) is 3. The fraction of sp³-hybridized carbons (Fsp3) is 0.611. The van der Waals surface area contributed by atoms with Crippen LogP contribution in [0.2, 0.25) is 0 Å². The summed E-state index contributed by atoms with van der Waals surface area (Å²) in [4.78, 5) is 4.27. The van der Waals surface area contributed by atoms with Crippen LogP contribution in [-0.4, -0.2) is 53.0 Å². The second-order valence-electron chi connectivity index (χ2n) is 6.10. The van der Waals surface area contributed by atoms with Gasteiger partial charge in [-0.2, -0.15) is 0 Å². The Hall–Kier alpha value is -1.66. The molecular formula is C18H28FN3O2. The van der Waals surface area contributed by atoms with E-state index in [9.17, 15) is 4.39 Å². The molecule has 1 heterocycles. The van der Waals surface area contributed by atoms with E-state index in [-0.39, 0.29) is 11.2 Å². The maximum Gasteiger partial charge on any atom is 0.191 e. The van der Waals surface area contributed by atoms with Crippen molar-refractivity contribution in [2.45, 2.75) is 24.7 Å². The highest BCUT2D eigenvalue weighted by Crippen LogP contribution is 2.34. The number of nitrogens with zero attached hydrogens (tertiary/aromatic N) is 1. The first-order valence-corrected chi connectivity index (χ1v) is 8.47. The summed E-state index contributed by atoms with van der Waals surface area (Å²) < 4.78 is 23.9. The Kier molecular flexibility index (Phi) is 7.46. The number of benzene rings is 1. The molecule has 1 aromatic rings. The Bertz CT molecular complexity index is 514. The summed E-state index contributed by atoms with van der Waals surface area (Å²) in [5, 5.41) is 6.71. The van der Waals surface area contributed by atoms with E-state index in [1.807, 2.05) is 12.1 Å². The van der Waals surface area contributed by atoms with Crippen molar-refractivity contribution in [3.8, 4) is 0 Å². The predicted molar refractivity (Wildman–Crippen MR) is 94.0 cm³/mol. The molecule has 6 heteroatoms. The van der Waals surface area contributed by atoms with Crippen molar-refractivity contribution in [3.63, 3.8) is 0 Å². The lowest BCUT2D eigenvalue weighted by Gasteiger charge is -2.38. The molecule has 1 aliphatic rings. The van der Waals surface area contributed by atoms with Gasteiger partial charge in [0.2, 0.25) is 0 Å². The quantitative estimate of drug-likeness (QED) is 0.454. The molecule has 1 aliphatic heterocycles. The minimum absolute atomic E-state index is 0.0594. The van der Waals surface area contributed by atoms with Gasteiger partial charge in [-0.3, -0.25) is 4.99 Å². The number of methoxy groups -OCH3 is 1. The number of guanidine groups is 1. The summed E-state index contributed by atoms with van der Waals surface area (Å²) in [5.41, 5.74) is 1.09. The van der Waals surface area contributed by atoms with Crippen LogP contribution in [-0.2, 0) is 14.9 Å². The summed E-state index contributed by atoms with van der Waals surface area (Å²) in [6, 6.07) is 6.84. The molecule has 0 bridgehead atoms. The third kappa shape index (κ3) is 5.18. The normalized spacial score (nSPS) is 17.5. The molecule has 0 aromatic heterocycles. The van der Waals surface area contributed by atoms with E-state index >= 15 is 0 Å². The first kappa shape index (κ1) is 18.7. The Labute approximate surface area is 143 Å². The molecule has 0 aliphatic carbocycles. The topological polar surface area (TPSA) is 54.9 Å². The van der Waals surface area contributed by atoms with E-state index in [0.717, 1.165) is 63.7 Å². The first-order valence-electron chi connectivity index (χ1n) is 8.47. The fourth-order valence-electron chi connectivity index (χ4n) is 3.03. The Balaban J connectivity index is 1.99. The average Bonchev–Trinajstić information content (AvgIpc) is 2.62. The number of aliphatic imine (C=N–C) groups is 1. The Morgan fingerprint density at radius 2 is 1.96 bits per heavy atom. The van der Waals surface area contributed by atoms with E-state index in [1.54, 1.807) is 14.2 Å². The zero-order chi connectivity index (χ0) is 17.3. The van der Waals surface area contributed by atoms with Crippen molar-refractivity contribution < 1.29 is 13.9 Å². The Morgan fingerprint density at radius 1 is 1.25 bits per heavy atom. The summed E-state index contributed by atoms with van der Waals surface area (Å²) in [6.07, 6.45) is 2.74. The van der Waals surface area contributed by atoms with Gasteiger partial charge in [-0.05, 0) is 37.0 Å². The van der Waals surface area contributed by atoms with Crippen molar-refractivity contribution in [1.29, 1.82) is 0 Å². The largest absolute Gasteiger partial charge is 0.385 e. The second-order valence-corrected chi connectivity index (χ2v) is 6.10. The van der Waals surface area contributed by atoms with Crippen LogP contribution in [0.3, 0.4) is 0 Å². The molecule has 0 spiro atoms. The van der Waals surface area contributed by atoms with Gasteiger partial charge in [-0.1, -0.05) is 12.1 Å².